The van der Waals surface area contributed by atoms with Crippen molar-refractivity contribution in [3.63, 3.8) is 0 Å². The molecule has 1 aromatic carbocycles. The number of hydrogen-bond donors (Lipinski definition) is 1. The van der Waals surface area contributed by atoms with Crippen LogP contribution in [0.15, 0.2) is 18.2 Å². The molecule has 5 heteroatoms. The molecule has 19 heavy (non-hydrogen) atoms. The van der Waals surface area contributed by atoms with Crippen LogP contribution in [0.4, 0.5) is 5.69 Å². The highest BCUT2D eigenvalue weighted by Crippen LogP contribution is 2.18. The third kappa shape index (κ3) is 2.81. The van der Waals surface area contributed by atoms with Gasteiger partial charge in [0.1, 0.15) is 6.54 Å². The maximum Gasteiger partial charge on any atom is 0.244 e. The molecule has 3 amide bonds. The van der Waals surface area contributed by atoms with E-state index in [1.54, 1.807) is 6.07 Å². The van der Waals surface area contributed by atoms with Crippen molar-refractivity contribution in [1.29, 1.82) is 0 Å². The van der Waals surface area contributed by atoms with Crippen LogP contribution in [-0.2, 0) is 14.4 Å². The second kappa shape index (κ2) is 5.22. The summed E-state index contributed by atoms with van der Waals surface area (Å²) >= 11 is 0. The lowest BCUT2D eigenvalue weighted by atomic mass is 10.1. The molecule has 0 saturated carbocycles. The van der Waals surface area contributed by atoms with Crippen molar-refractivity contribution in [3.8, 4) is 0 Å². The molecule has 1 saturated heterocycles. The van der Waals surface area contributed by atoms with Crippen LogP contribution in [0.5, 0.6) is 0 Å². The highest BCUT2D eigenvalue weighted by molar-refractivity contribution is 6.06. The highest BCUT2D eigenvalue weighted by atomic mass is 16.2. The number of amides is 3. The zero-order valence-corrected chi connectivity index (χ0v) is 11.0. The smallest absolute Gasteiger partial charge is 0.244 e. The van der Waals surface area contributed by atoms with Crippen LogP contribution in [0.1, 0.15) is 24.0 Å². The van der Waals surface area contributed by atoms with Gasteiger partial charge in [-0.05, 0) is 31.0 Å². The zero-order chi connectivity index (χ0) is 14.0. The Balaban J connectivity index is 2.04. The number of carbonyl (C=O) groups excluding carboxylic acids is 3. The molecule has 1 N–H and O–H groups in total. The van der Waals surface area contributed by atoms with Gasteiger partial charge in [-0.1, -0.05) is 12.1 Å². The number of imide groups is 1. The van der Waals surface area contributed by atoms with Crippen LogP contribution in [0.25, 0.3) is 0 Å². The molecule has 0 unspecified atom stereocenters. The minimum atomic E-state index is -0.350. The minimum absolute atomic E-state index is 0.203. The number of hydrogen-bond acceptors (Lipinski definition) is 3. The molecular weight excluding hydrogens is 244 g/mol. The first-order valence-electron chi connectivity index (χ1n) is 6.18. The maximum absolute atomic E-state index is 11.9. The predicted molar refractivity (Wildman–Crippen MR) is 70.5 cm³/mol. The van der Waals surface area contributed by atoms with Crippen molar-refractivity contribution >= 4 is 23.4 Å². The second-order valence-corrected chi connectivity index (χ2v) is 4.67. The van der Waals surface area contributed by atoms with Gasteiger partial charge in [0, 0.05) is 18.5 Å². The van der Waals surface area contributed by atoms with Crippen molar-refractivity contribution in [1.82, 2.24) is 4.90 Å². The Labute approximate surface area is 111 Å². The van der Waals surface area contributed by atoms with E-state index in [1.807, 2.05) is 26.0 Å². The lowest BCUT2D eigenvalue weighted by Crippen LogP contribution is -2.37. The summed E-state index contributed by atoms with van der Waals surface area (Å²) in [6, 6.07) is 5.61. The summed E-state index contributed by atoms with van der Waals surface area (Å²) in [4.78, 5) is 35.7. The summed E-state index contributed by atoms with van der Waals surface area (Å²) in [5.41, 5.74) is 2.77. The summed E-state index contributed by atoms with van der Waals surface area (Å²) in [7, 11) is 0. The summed E-state index contributed by atoms with van der Waals surface area (Å²) in [6.45, 7) is 3.67. The normalized spacial score (nSPS) is 14.9. The van der Waals surface area contributed by atoms with Gasteiger partial charge in [0.05, 0.1) is 0 Å². The van der Waals surface area contributed by atoms with Crippen molar-refractivity contribution in [2.45, 2.75) is 26.7 Å². The molecule has 1 aliphatic rings. The van der Waals surface area contributed by atoms with E-state index in [1.165, 1.54) is 0 Å². The Morgan fingerprint density at radius 3 is 2.47 bits per heavy atom. The fourth-order valence-electron chi connectivity index (χ4n) is 2.02. The van der Waals surface area contributed by atoms with Crippen LogP contribution in [0, 0.1) is 13.8 Å². The van der Waals surface area contributed by atoms with E-state index in [4.69, 9.17) is 0 Å². The van der Waals surface area contributed by atoms with Crippen molar-refractivity contribution < 1.29 is 14.4 Å². The van der Waals surface area contributed by atoms with E-state index < -0.39 is 0 Å². The highest BCUT2D eigenvalue weighted by Gasteiger charge is 2.30. The number of likely N-dealkylation sites (tertiary alicyclic amines) is 1. The van der Waals surface area contributed by atoms with E-state index in [0.29, 0.717) is 5.69 Å². The summed E-state index contributed by atoms with van der Waals surface area (Å²) in [6.07, 6.45) is 0.408. The fraction of sp³-hybridized carbons (Fsp3) is 0.357. The average Bonchev–Trinajstić information content (AvgIpc) is 2.67. The van der Waals surface area contributed by atoms with Crippen LogP contribution >= 0.6 is 0 Å². The summed E-state index contributed by atoms with van der Waals surface area (Å²) in [5.74, 6) is -0.903. The molecule has 0 spiro atoms. The number of anilines is 1. The topological polar surface area (TPSA) is 66.5 Å². The fourth-order valence-corrected chi connectivity index (χ4v) is 2.02. The number of nitrogens with one attached hydrogen (secondary N) is 1. The van der Waals surface area contributed by atoms with Crippen LogP contribution in [0.2, 0.25) is 0 Å². The largest absolute Gasteiger partial charge is 0.324 e. The van der Waals surface area contributed by atoms with E-state index in [9.17, 15) is 14.4 Å². The van der Waals surface area contributed by atoms with E-state index >= 15 is 0 Å². The molecule has 1 fully saturated rings. The third-order valence-electron chi connectivity index (χ3n) is 3.34. The number of rotatable bonds is 3. The van der Waals surface area contributed by atoms with Gasteiger partial charge in [-0.15, -0.1) is 0 Å². The molecule has 0 aliphatic carbocycles. The monoisotopic (exact) mass is 260 g/mol. The summed E-state index contributed by atoms with van der Waals surface area (Å²) < 4.78 is 0. The van der Waals surface area contributed by atoms with Crippen molar-refractivity contribution in [2.24, 2.45) is 0 Å². The SMILES string of the molecule is Cc1cccc(NC(=O)CN2C(=O)CCC2=O)c1C. The molecule has 5 nitrogen and oxygen atoms in total. The minimum Gasteiger partial charge on any atom is -0.324 e. The first-order chi connectivity index (χ1) is 8.99. The molecule has 2 rings (SSSR count). The average molecular weight is 260 g/mol. The molecule has 0 aromatic heterocycles. The van der Waals surface area contributed by atoms with E-state index in [-0.39, 0.29) is 37.1 Å². The van der Waals surface area contributed by atoms with Gasteiger partial charge in [0.15, 0.2) is 0 Å². The van der Waals surface area contributed by atoms with Gasteiger partial charge < -0.3 is 5.32 Å². The Morgan fingerprint density at radius 1 is 1.21 bits per heavy atom. The predicted octanol–water partition coefficient (Wildman–Crippen LogP) is 1.39. The lowest BCUT2D eigenvalue weighted by molar-refractivity contribution is -0.141. The Hall–Kier alpha value is -2.17. The van der Waals surface area contributed by atoms with Gasteiger partial charge in [-0.25, -0.2) is 0 Å². The second-order valence-electron chi connectivity index (χ2n) is 4.67. The molecule has 1 aromatic rings. The summed E-state index contributed by atoms with van der Waals surface area (Å²) in [5, 5.41) is 2.73. The van der Waals surface area contributed by atoms with Crippen LogP contribution < -0.4 is 5.32 Å². The number of benzene rings is 1. The molecule has 100 valence electrons. The zero-order valence-electron chi connectivity index (χ0n) is 11.0. The Kier molecular flexibility index (Phi) is 3.64. The van der Waals surface area contributed by atoms with Gasteiger partial charge in [-0.3, -0.25) is 19.3 Å². The quantitative estimate of drug-likeness (QED) is 0.835. The van der Waals surface area contributed by atoms with Crippen molar-refractivity contribution in [2.75, 3.05) is 11.9 Å². The molecule has 1 aliphatic heterocycles. The van der Waals surface area contributed by atoms with E-state index in [0.717, 1.165) is 16.0 Å². The van der Waals surface area contributed by atoms with E-state index in [2.05, 4.69) is 5.32 Å². The van der Waals surface area contributed by atoms with Crippen LogP contribution in [-0.4, -0.2) is 29.2 Å². The number of carbonyl (C=O) groups is 3. The van der Waals surface area contributed by atoms with Crippen LogP contribution in [0.3, 0.4) is 0 Å². The first-order valence-corrected chi connectivity index (χ1v) is 6.18. The van der Waals surface area contributed by atoms with Gasteiger partial charge >= 0.3 is 0 Å². The molecular formula is C14H16N2O3. The standard InChI is InChI=1S/C14H16N2O3/c1-9-4-3-5-11(10(9)2)15-12(17)8-16-13(18)6-7-14(16)19/h3-5H,6-8H2,1-2H3,(H,15,17). The third-order valence-corrected chi connectivity index (χ3v) is 3.34. The first kappa shape index (κ1) is 13.3. The number of nitrogens with zero attached hydrogens (tertiary/aromatic N) is 1. The van der Waals surface area contributed by atoms with Gasteiger partial charge in [-0.2, -0.15) is 0 Å². The molecule has 1 heterocycles. The Morgan fingerprint density at radius 2 is 1.84 bits per heavy atom. The van der Waals surface area contributed by atoms with Crippen molar-refractivity contribution in [3.05, 3.63) is 29.3 Å². The molecule has 0 bridgehead atoms. The maximum atomic E-state index is 11.9. The van der Waals surface area contributed by atoms with Gasteiger partial charge in [0.2, 0.25) is 17.7 Å². The lowest BCUT2D eigenvalue weighted by Gasteiger charge is -2.15. The number of aryl methyl sites for hydroxylation is 1. The van der Waals surface area contributed by atoms with Gasteiger partial charge in [0.25, 0.3) is 0 Å². The Bertz CT molecular complexity index is 536. The molecule has 0 radical (unpaired) electrons. The molecule has 0 atom stereocenters.